The molecule has 204 valence electrons. The summed E-state index contributed by atoms with van der Waals surface area (Å²) in [7, 11) is 0. The van der Waals surface area contributed by atoms with E-state index in [2.05, 4.69) is 17.1 Å². The normalized spacial score (nSPS) is 11.6. The largest absolute Gasteiger partial charge is 0.464 e. The summed E-state index contributed by atoms with van der Waals surface area (Å²) >= 11 is 0. The van der Waals surface area contributed by atoms with Crippen molar-refractivity contribution in [1.29, 1.82) is 0 Å². The van der Waals surface area contributed by atoms with Crippen LogP contribution in [-0.2, 0) is 30.6 Å². The SMILES string of the molecule is CCCCc1nc(CC)n(CC(=O)C(C)(C)C)c(=O)c1Cc1ccc(-c2ccccc2-c2noc(O)n2)cc1. The highest BCUT2D eigenvalue weighted by Gasteiger charge is 2.24. The predicted octanol–water partition coefficient (Wildman–Crippen LogP) is 5.78. The van der Waals surface area contributed by atoms with Gasteiger partial charge in [0.2, 0.25) is 5.82 Å². The molecule has 4 aromatic rings. The number of unbranched alkanes of at least 4 members (excludes halogenated alkanes) is 1. The fourth-order valence-corrected chi connectivity index (χ4v) is 4.49. The predicted molar refractivity (Wildman–Crippen MR) is 151 cm³/mol. The number of aryl methyl sites for hydroxylation is 2. The maximum absolute atomic E-state index is 13.8. The fourth-order valence-electron chi connectivity index (χ4n) is 4.49. The van der Waals surface area contributed by atoms with Crippen LogP contribution in [-0.4, -0.2) is 30.6 Å². The Hall–Kier alpha value is -4.07. The van der Waals surface area contributed by atoms with E-state index in [9.17, 15) is 14.7 Å². The summed E-state index contributed by atoms with van der Waals surface area (Å²) < 4.78 is 6.32. The molecule has 1 N–H and O–H groups in total. The van der Waals surface area contributed by atoms with Crippen molar-refractivity contribution in [3.05, 3.63) is 81.5 Å². The van der Waals surface area contributed by atoms with Crippen LogP contribution in [0, 0.1) is 5.41 Å². The summed E-state index contributed by atoms with van der Waals surface area (Å²) in [5.41, 5.74) is 4.35. The molecule has 2 aromatic carbocycles. The van der Waals surface area contributed by atoms with Crippen LogP contribution >= 0.6 is 0 Å². The van der Waals surface area contributed by atoms with Gasteiger partial charge in [-0.05, 0) is 29.5 Å². The molecule has 0 unspecified atom stereocenters. The first-order valence-corrected chi connectivity index (χ1v) is 13.5. The number of aromatic nitrogens is 4. The van der Waals surface area contributed by atoms with Crippen molar-refractivity contribution in [3.8, 4) is 28.6 Å². The van der Waals surface area contributed by atoms with E-state index in [1.807, 2.05) is 76.2 Å². The second-order valence-electron chi connectivity index (χ2n) is 10.8. The molecule has 39 heavy (non-hydrogen) atoms. The Labute approximate surface area is 228 Å². The molecular formula is C31H36N4O4. The zero-order valence-corrected chi connectivity index (χ0v) is 23.3. The van der Waals surface area contributed by atoms with Crippen molar-refractivity contribution < 1.29 is 14.4 Å². The highest BCUT2D eigenvalue weighted by atomic mass is 16.6. The van der Waals surface area contributed by atoms with Crippen molar-refractivity contribution in [1.82, 2.24) is 19.7 Å². The molecule has 0 bridgehead atoms. The molecule has 0 fully saturated rings. The number of nitrogens with zero attached hydrogens (tertiary/aromatic N) is 4. The van der Waals surface area contributed by atoms with Crippen LogP contribution in [0.4, 0.5) is 0 Å². The molecule has 0 aliphatic heterocycles. The van der Waals surface area contributed by atoms with Gasteiger partial charge < -0.3 is 5.11 Å². The van der Waals surface area contributed by atoms with E-state index >= 15 is 0 Å². The average Bonchev–Trinajstić information content (AvgIpc) is 3.36. The van der Waals surface area contributed by atoms with Crippen molar-refractivity contribution in [2.45, 2.75) is 73.3 Å². The molecule has 8 heteroatoms. The van der Waals surface area contributed by atoms with Gasteiger partial charge in [-0.3, -0.25) is 18.7 Å². The standard InChI is InChI=1S/C31H36N4O4/c1-6-8-13-25-24(29(37)35(27(7-2)32-25)19-26(36)31(3,4)5)18-20-14-16-21(17-15-20)22-11-9-10-12-23(22)28-33-30(38)39-34-28/h9-12,14-17H,6-8,13,18-19H2,1-5H3,(H,33,34,38). The summed E-state index contributed by atoms with van der Waals surface area (Å²) in [6, 6.07) is 15.6. The average molecular weight is 529 g/mol. The van der Waals surface area contributed by atoms with Crippen molar-refractivity contribution in [2.75, 3.05) is 0 Å². The lowest BCUT2D eigenvalue weighted by atomic mass is 9.90. The third-order valence-electron chi connectivity index (χ3n) is 6.88. The van der Waals surface area contributed by atoms with Gasteiger partial charge in [-0.2, -0.15) is 4.98 Å². The number of carbonyl (C=O) groups is 1. The lowest BCUT2D eigenvalue weighted by molar-refractivity contribution is -0.127. The molecule has 8 nitrogen and oxygen atoms in total. The first-order valence-electron chi connectivity index (χ1n) is 13.5. The van der Waals surface area contributed by atoms with Crippen molar-refractivity contribution in [3.63, 3.8) is 0 Å². The number of hydrogen-bond acceptors (Lipinski definition) is 7. The smallest absolute Gasteiger partial charge is 0.415 e. The van der Waals surface area contributed by atoms with Crippen LogP contribution in [0.2, 0.25) is 0 Å². The van der Waals surface area contributed by atoms with Crippen LogP contribution in [0.5, 0.6) is 6.08 Å². The fraction of sp³-hybridized carbons (Fsp3) is 0.387. The minimum atomic E-state index is -0.544. The molecule has 0 aliphatic carbocycles. The summed E-state index contributed by atoms with van der Waals surface area (Å²) in [4.78, 5) is 35.5. The summed E-state index contributed by atoms with van der Waals surface area (Å²) in [6.07, 6.45) is 3.20. The third kappa shape index (κ3) is 6.33. The van der Waals surface area contributed by atoms with Gasteiger partial charge in [0, 0.05) is 29.4 Å². The number of aromatic hydroxyl groups is 1. The first-order chi connectivity index (χ1) is 18.6. The Morgan fingerprint density at radius 3 is 2.28 bits per heavy atom. The van der Waals surface area contributed by atoms with Crippen LogP contribution < -0.4 is 5.56 Å². The second kappa shape index (κ2) is 11.8. The molecule has 0 spiro atoms. The molecule has 0 atom stereocenters. The number of hydrogen-bond donors (Lipinski definition) is 1. The van der Waals surface area contributed by atoms with E-state index in [0.29, 0.717) is 30.1 Å². The minimum absolute atomic E-state index is 0.00583. The Morgan fingerprint density at radius 1 is 1.00 bits per heavy atom. The molecule has 0 saturated heterocycles. The Kier molecular flexibility index (Phi) is 8.43. The summed E-state index contributed by atoms with van der Waals surface area (Å²) in [5, 5.41) is 13.3. The number of ketones is 1. The molecular weight excluding hydrogens is 492 g/mol. The van der Waals surface area contributed by atoms with Gasteiger partial charge in [0.1, 0.15) is 5.82 Å². The Balaban J connectivity index is 1.70. The maximum atomic E-state index is 13.8. The zero-order chi connectivity index (χ0) is 28.2. The zero-order valence-electron chi connectivity index (χ0n) is 23.3. The van der Waals surface area contributed by atoms with E-state index < -0.39 is 11.5 Å². The van der Waals surface area contributed by atoms with Gasteiger partial charge in [0.15, 0.2) is 5.78 Å². The molecule has 2 aromatic heterocycles. The van der Waals surface area contributed by atoms with Crippen LogP contribution in [0.15, 0.2) is 57.8 Å². The van der Waals surface area contributed by atoms with Gasteiger partial charge in [-0.25, -0.2) is 4.98 Å². The molecule has 0 saturated carbocycles. The summed E-state index contributed by atoms with van der Waals surface area (Å²) in [6.45, 7) is 9.73. The van der Waals surface area contributed by atoms with Gasteiger partial charge in [-0.1, -0.05) is 94.7 Å². The van der Waals surface area contributed by atoms with Gasteiger partial charge in [0.25, 0.3) is 5.56 Å². The van der Waals surface area contributed by atoms with E-state index in [0.717, 1.165) is 47.2 Å². The van der Waals surface area contributed by atoms with Gasteiger partial charge in [-0.15, -0.1) is 0 Å². The van der Waals surface area contributed by atoms with E-state index in [1.54, 1.807) is 4.57 Å². The minimum Gasteiger partial charge on any atom is -0.464 e. The Bertz CT molecular complexity index is 1510. The van der Waals surface area contributed by atoms with E-state index in [1.165, 1.54) is 0 Å². The maximum Gasteiger partial charge on any atom is 0.415 e. The highest BCUT2D eigenvalue weighted by Crippen LogP contribution is 2.31. The lowest BCUT2D eigenvalue weighted by Crippen LogP contribution is -2.36. The molecule has 0 aliphatic rings. The topological polar surface area (TPSA) is 111 Å². The number of carbonyl (C=O) groups excluding carboxylic acids is 1. The first kappa shape index (κ1) is 28.0. The number of rotatable bonds is 10. The molecule has 0 amide bonds. The number of benzene rings is 2. The van der Waals surface area contributed by atoms with Crippen LogP contribution in [0.1, 0.15) is 70.1 Å². The van der Waals surface area contributed by atoms with Gasteiger partial charge >= 0.3 is 6.08 Å². The lowest BCUT2D eigenvalue weighted by Gasteiger charge is -2.21. The van der Waals surface area contributed by atoms with Crippen molar-refractivity contribution >= 4 is 5.78 Å². The van der Waals surface area contributed by atoms with Gasteiger partial charge in [0.05, 0.1) is 12.2 Å². The highest BCUT2D eigenvalue weighted by molar-refractivity contribution is 5.83. The number of Topliss-reactive ketones (excluding diaryl/α,β-unsaturated/α-hetero) is 1. The van der Waals surface area contributed by atoms with Crippen LogP contribution in [0.3, 0.4) is 0 Å². The summed E-state index contributed by atoms with van der Waals surface area (Å²) in [5.74, 6) is 0.971. The van der Waals surface area contributed by atoms with Crippen molar-refractivity contribution in [2.24, 2.45) is 5.41 Å². The second-order valence-corrected chi connectivity index (χ2v) is 10.8. The Morgan fingerprint density at radius 2 is 1.69 bits per heavy atom. The molecule has 4 rings (SSSR count). The third-order valence-corrected chi connectivity index (χ3v) is 6.88. The van der Waals surface area contributed by atoms with Crippen LogP contribution in [0.25, 0.3) is 22.5 Å². The van der Waals surface area contributed by atoms with E-state index in [-0.39, 0.29) is 17.9 Å². The van der Waals surface area contributed by atoms with E-state index in [4.69, 9.17) is 9.51 Å². The molecule has 0 radical (unpaired) electrons. The quantitative estimate of drug-likeness (QED) is 0.278. The monoisotopic (exact) mass is 528 g/mol. The molecule has 2 heterocycles.